The summed E-state index contributed by atoms with van der Waals surface area (Å²) in [6, 6.07) is 18.4. The van der Waals surface area contributed by atoms with Crippen LogP contribution in [0.4, 0.5) is 0 Å². The SMILES string of the molecule is COc1ccc(CCCCCCCCOc2ccc(COc3cccc(C(N)=O)c3)nc2C=CC(=O)O)cc1. The average molecular weight is 533 g/mol. The number of hydrogen-bond acceptors (Lipinski definition) is 6. The number of primary amides is 1. The molecule has 0 atom stereocenters. The van der Waals surface area contributed by atoms with Gasteiger partial charge in [0.1, 0.15) is 29.5 Å². The summed E-state index contributed by atoms with van der Waals surface area (Å²) in [6.07, 6.45) is 10.2. The summed E-state index contributed by atoms with van der Waals surface area (Å²) in [5.74, 6) is 0.282. The molecule has 1 aromatic heterocycles. The van der Waals surface area contributed by atoms with Gasteiger partial charge in [-0.2, -0.15) is 0 Å². The fourth-order valence-electron chi connectivity index (χ4n) is 3.99. The standard InChI is InChI=1S/C31H36N2O6/c1-37-26-15-12-23(13-16-26)9-6-4-2-3-5-7-20-38-29-18-14-25(33-28(29)17-19-30(34)35)22-39-27-11-8-10-24(21-27)31(32)36/h8,10-19,21H,2-7,9,20,22H2,1H3,(H2,32,36)(H,34,35). The van der Waals surface area contributed by atoms with Crippen molar-refractivity contribution in [1.29, 1.82) is 0 Å². The highest BCUT2D eigenvalue weighted by Gasteiger charge is 2.08. The van der Waals surface area contributed by atoms with Gasteiger partial charge in [0.25, 0.3) is 0 Å². The van der Waals surface area contributed by atoms with Crippen molar-refractivity contribution < 1.29 is 28.9 Å². The monoisotopic (exact) mass is 532 g/mol. The van der Waals surface area contributed by atoms with Gasteiger partial charge in [-0.05, 0) is 73.4 Å². The van der Waals surface area contributed by atoms with E-state index < -0.39 is 11.9 Å². The quantitative estimate of drug-likeness (QED) is 0.166. The van der Waals surface area contributed by atoms with E-state index in [0.29, 0.717) is 35.1 Å². The van der Waals surface area contributed by atoms with Crippen molar-refractivity contribution in [3.05, 3.63) is 89.3 Å². The number of carboxylic acid groups (broad SMARTS) is 1. The van der Waals surface area contributed by atoms with Crippen molar-refractivity contribution in [1.82, 2.24) is 4.98 Å². The van der Waals surface area contributed by atoms with Crippen LogP contribution in [-0.2, 0) is 17.8 Å². The molecule has 3 N–H and O–H groups in total. The fourth-order valence-corrected chi connectivity index (χ4v) is 3.99. The van der Waals surface area contributed by atoms with E-state index in [-0.39, 0.29) is 6.61 Å². The molecule has 0 fully saturated rings. The molecule has 0 unspecified atom stereocenters. The first-order valence-corrected chi connectivity index (χ1v) is 13.1. The number of carbonyl (C=O) groups excluding carboxylic acids is 1. The number of nitrogens with zero attached hydrogens (tertiary/aromatic N) is 1. The summed E-state index contributed by atoms with van der Waals surface area (Å²) in [5.41, 5.74) is 8.01. The van der Waals surface area contributed by atoms with Crippen molar-refractivity contribution in [2.75, 3.05) is 13.7 Å². The number of hydrogen-bond donors (Lipinski definition) is 2. The molecule has 0 aliphatic carbocycles. The highest BCUT2D eigenvalue weighted by molar-refractivity contribution is 5.93. The van der Waals surface area contributed by atoms with Crippen LogP contribution >= 0.6 is 0 Å². The molecule has 0 spiro atoms. The van der Waals surface area contributed by atoms with Crippen LogP contribution in [0.3, 0.4) is 0 Å². The molecule has 1 amide bonds. The number of benzene rings is 2. The van der Waals surface area contributed by atoms with Crippen LogP contribution in [0.5, 0.6) is 17.2 Å². The molecule has 39 heavy (non-hydrogen) atoms. The van der Waals surface area contributed by atoms with Crippen LogP contribution in [0.2, 0.25) is 0 Å². The van der Waals surface area contributed by atoms with Crippen molar-refractivity contribution in [2.24, 2.45) is 5.73 Å². The van der Waals surface area contributed by atoms with Crippen LogP contribution in [0.1, 0.15) is 65.8 Å². The van der Waals surface area contributed by atoms with Crippen LogP contribution in [-0.4, -0.2) is 35.7 Å². The minimum Gasteiger partial charge on any atom is -0.497 e. The minimum atomic E-state index is -1.07. The number of methoxy groups -OCH3 is 1. The highest BCUT2D eigenvalue weighted by atomic mass is 16.5. The van der Waals surface area contributed by atoms with Crippen LogP contribution in [0, 0.1) is 0 Å². The number of aromatic nitrogens is 1. The molecule has 0 bridgehead atoms. The number of unbranched alkanes of at least 4 members (excludes halogenated alkanes) is 5. The number of nitrogens with two attached hydrogens (primary N) is 1. The Morgan fingerprint density at radius 1 is 0.897 bits per heavy atom. The van der Waals surface area contributed by atoms with E-state index in [0.717, 1.165) is 37.5 Å². The third kappa shape index (κ3) is 10.5. The normalized spacial score (nSPS) is 10.9. The molecule has 206 valence electrons. The zero-order chi connectivity index (χ0) is 27.9. The topological polar surface area (TPSA) is 121 Å². The summed E-state index contributed by atoms with van der Waals surface area (Å²) in [5, 5.41) is 9.06. The Morgan fingerprint density at radius 3 is 2.36 bits per heavy atom. The van der Waals surface area contributed by atoms with E-state index in [1.165, 1.54) is 30.9 Å². The van der Waals surface area contributed by atoms with Gasteiger partial charge in [0.2, 0.25) is 5.91 Å². The number of rotatable bonds is 17. The van der Waals surface area contributed by atoms with E-state index >= 15 is 0 Å². The predicted molar refractivity (Wildman–Crippen MR) is 150 cm³/mol. The van der Waals surface area contributed by atoms with Gasteiger partial charge >= 0.3 is 5.97 Å². The molecule has 1 heterocycles. The molecule has 3 aromatic rings. The lowest BCUT2D eigenvalue weighted by Crippen LogP contribution is -2.10. The van der Waals surface area contributed by atoms with Gasteiger partial charge in [-0.15, -0.1) is 0 Å². The number of pyridine rings is 1. The van der Waals surface area contributed by atoms with E-state index in [9.17, 15) is 9.59 Å². The van der Waals surface area contributed by atoms with Gasteiger partial charge in [0, 0.05) is 11.6 Å². The number of amides is 1. The number of carbonyl (C=O) groups is 2. The van der Waals surface area contributed by atoms with Crippen molar-refractivity contribution >= 4 is 18.0 Å². The average Bonchev–Trinajstić information content (AvgIpc) is 2.95. The first-order valence-electron chi connectivity index (χ1n) is 13.1. The molecule has 0 saturated carbocycles. The summed E-state index contributed by atoms with van der Waals surface area (Å²) in [4.78, 5) is 26.9. The van der Waals surface area contributed by atoms with E-state index in [1.807, 2.05) is 12.1 Å². The van der Waals surface area contributed by atoms with Crippen molar-refractivity contribution in [3.63, 3.8) is 0 Å². The largest absolute Gasteiger partial charge is 0.497 e. The maximum Gasteiger partial charge on any atom is 0.328 e. The Bertz CT molecular complexity index is 1240. The van der Waals surface area contributed by atoms with E-state index in [4.69, 9.17) is 25.1 Å². The van der Waals surface area contributed by atoms with Gasteiger partial charge in [-0.3, -0.25) is 4.79 Å². The van der Waals surface area contributed by atoms with Gasteiger partial charge < -0.3 is 25.1 Å². The second-order valence-corrected chi connectivity index (χ2v) is 9.11. The summed E-state index contributed by atoms with van der Waals surface area (Å²) in [6.45, 7) is 0.659. The van der Waals surface area contributed by atoms with Crippen molar-refractivity contribution in [2.45, 2.75) is 51.6 Å². The lowest BCUT2D eigenvalue weighted by Gasteiger charge is -2.11. The molecule has 3 rings (SSSR count). The molecular weight excluding hydrogens is 496 g/mol. The second-order valence-electron chi connectivity index (χ2n) is 9.11. The lowest BCUT2D eigenvalue weighted by atomic mass is 10.0. The predicted octanol–water partition coefficient (Wildman–Crippen LogP) is 5.83. The van der Waals surface area contributed by atoms with Gasteiger partial charge in [0.05, 0.1) is 19.4 Å². The fraction of sp³-hybridized carbons (Fsp3) is 0.323. The van der Waals surface area contributed by atoms with Crippen molar-refractivity contribution in [3.8, 4) is 17.2 Å². The minimum absolute atomic E-state index is 0.134. The molecule has 0 aliphatic heterocycles. The third-order valence-electron chi connectivity index (χ3n) is 6.11. The number of aryl methyl sites for hydroxylation is 1. The van der Waals surface area contributed by atoms with E-state index in [1.54, 1.807) is 43.5 Å². The summed E-state index contributed by atoms with van der Waals surface area (Å²) in [7, 11) is 1.68. The maximum absolute atomic E-state index is 11.4. The molecule has 8 nitrogen and oxygen atoms in total. The number of aliphatic carboxylic acids is 1. The van der Waals surface area contributed by atoms with Gasteiger partial charge in [0.15, 0.2) is 0 Å². The zero-order valence-corrected chi connectivity index (χ0v) is 22.3. The first-order chi connectivity index (χ1) is 18.9. The Hall–Kier alpha value is -4.33. The summed E-state index contributed by atoms with van der Waals surface area (Å²) >= 11 is 0. The molecule has 0 radical (unpaired) electrons. The molecule has 8 heteroatoms. The Morgan fingerprint density at radius 2 is 1.64 bits per heavy atom. The number of carboxylic acids is 1. The van der Waals surface area contributed by atoms with E-state index in [2.05, 4.69) is 17.1 Å². The van der Waals surface area contributed by atoms with Crippen LogP contribution in [0.25, 0.3) is 6.08 Å². The number of ether oxygens (including phenoxy) is 3. The molecule has 2 aromatic carbocycles. The third-order valence-corrected chi connectivity index (χ3v) is 6.11. The van der Waals surface area contributed by atoms with Gasteiger partial charge in [-0.1, -0.05) is 43.9 Å². The van der Waals surface area contributed by atoms with Crippen LogP contribution in [0.15, 0.2) is 66.7 Å². The van der Waals surface area contributed by atoms with Crippen LogP contribution < -0.4 is 19.9 Å². The zero-order valence-electron chi connectivity index (χ0n) is 22.3. The summed E-state index contributed by atoms with van der Waals surface area (Å²) < 4.78 is 16.9. The molecule has 0 saturated heterocycles. The Kier molecular flexibility index (Phi) is 11.9. The molecular formula is C31H36N2O6. The Labute approximate surface area is 229 Å². The molecule has 0 aliphatic rings. The lowest BCUT2D eigenvalue weighted by molar-refractivity contribution is -0.131. The van der Waals surface area contributed by atoms with Gasteiger partial charge in [-0.25, -0.2) is 9.78 Å². The smallest absolute Gasteiger partial charge is 0.328 e. The second kappa shape index (κ2) is 15.8. The first kappa shape index (κ1) is 29.2. The highest BCUT2D eigenvalue weighted by Crippen LogP contribution is 2.21. The maximum atomic E-state index is 11.4. The Balaban J connectivity index is 1.41.